The van der Waals surface area contributed by atoms with E-state index in [0.29, 0.717) is 18.5 Å². The third kappa shape index (κ3) is 4.43. The molecule has 0 N–H and O–H groups in total. The number of aryl methyl sites for hydroxylation is 1. The number of likely N-dealkylation sites (tertiary alicyclic amines) is 1. The summed E-state index contributed by atoms with van der Waals surface area (Å²) in [5.41, 5.74) is -1.07. The molecule has 42 heavy (non-hydrogen) atoms. The van der Waals surface area contributed by atoms with Crippen LogP contribution < -0.4 is 5.69 Å². The van der Waals surface area contributed by atoms with Crippen LogP contribution in [-0.4, -0.2) is 47.5 Å². The van der Waals surface area contributed by atoms with Crippen molar-refractivity contribution < 1.29 is 22.0 Å². The lowest BCUT2D eigenvalue weighted by molar-refractivity contribution is -0.136. The van der Waals surface area contributed by atoms with Crippen LogP contribution in [0.4, 0.5) is 22.0 Å². The molecule has 8 nitrogen and oxygen atoms in total. The number of hydrogen-bond acceptors (Lipinski definition) is 4. The first-order chi connectivity index (χ1) is 19.7. The number of benzene rings is 1. The second-order valence-corrected chi connectivity index (χ2v) is 11.7. The van der Waals surface area contributed by atoms with Crippen molar-refractivity contribution in [1.82, 2.24) is 28.4 Å². The van der Waals surface area contributed by atoms with Crippen molar-refractivity contribution >= 4 is 5.52 Å². The van der Waals surface area contributed by atoms with Crippen LogP contribution in [0.1, 0.15) is 48.7 Å². The number of aromatic nitrogens is 5. The summed E-state index contributed by atoms with van der Waals surface area (Å²) < 4.78 is 74.7. The topological polar surface area (TPSA) is 76.2 Å². The lowest BCUT2D eigenvalue weighted by Crippen LogP contribution is -2.48. The summed E-state index contributed by atoms with van der Waals surface area (Å²) in [6.45, 7) is 1.53. The van der Waals surface area contributed by atoms with Gasteiger partial charge in [-0.15, -0.1) is 5.10 Å². The largest absolute Gasteiger partial charge is 0.418 e. The number of imidazole rings is 1. The van der Waals surface area contributed by atoms with E-state index >= 15 is 0 Å². The van der Waals surface area contributed by atoms with Gasteiger partial charge in [-0.3, -0.25) is 18.5 Å². The van der Waals surface area contributed by atoms with E-state index in [2.05, 4.69) is 11.2 Å². The van der Waals surface area contributed by atoms with Crippen molar-refractivity contribution in [3.05, 3.63) is 75.7 Å². The van der Waals surface area contributed by atoms with Crippen LogP contribution in [0.25, 0.3) is 11.2 Å². The second-order valence-electron chi connectivity index (χ2n) is 11.7. The summed E-state index contributed by atoms with van der Waals surface area (Å²) in [5, 5.41) is 14.0. The van der Waals surface area contributed by atoms with Gasteiger partial charge in [0.05, 0.1) is 28.3 Å². The van der Waals surface area contributed by atoms with Crippen LogP contribution >= 0.6 is 0 Å². The SMILES string of the molecule is C[C@@H]1CN(Cc2cc(C(F)(F)F)c3cn(-c4cccc(C5(c6nn(C)n6C)CC(C#N)C5)c4)c(=O)n3c2)CCC1(F)F. The maximum absolute atomic E-state index is 14.2. The molecular weight excluding hydrogens is 557 g/mol. The highest BCUT2D eigenvalue weighted by molar-refractivity contribution is 5.58. The maximum Gasteiger partial charge on any atom is 0.418 e. The Morgan fingerprint density at radius 3 is 2.50 bits per heavy atom. The summed E-state index contributed by atoms with van der Waals surface area (Å²) in [5.74, 6) is -3.11. The van der Waals surface area contributed by atoms with Crippen molar-refractivity contribution in [2.24, 2.45) is 25.9 Å². The molecule has 0 spiro atoms. The van der Waals surface area contributed by atoms with Gasteiger partial charge in [-0.2, -0.15) is 18.4 Å². The minimum Gasteiger partial charge on any atom is -0.298 e. The Morgan fingerprint density at radius 1 is 1.14 bits per heavy atom. The molecule has 3 aromatic heterocycles. The zero-order chi connectivity index (χ0) is 30.2. The van der Waals surface area contributed by atoms with E-state index in [1.54, 1.807) is 34.9 Å². The zero-order valence-corrected chi connectivity index (χ0v) is 23.4. The molecule has 0 radical (unpaired) electrons. The summed E-state index contributed by atoms with van der Waals surface area (Å²) in [7, 11) is 3.67. The van der Waals surface area contributed by atoms with Gasteiger partial charge in [-0.05, 0) is 42.2 Å². The molecule has 2 fully saturated rings. The Morgan fingerprint density at radius 2 is 1.88 bits per heavy atom. The number of nitrogens with zero attached hydrogens (tertiary/aromatic N) is 7. The quantitative estimate of drug-likeness (QED) is 0.312. The van der Waals surface area contributed by atoms with Crippen LogP contribution in [-0.2, 0) is 32.2 Å². The molecule has 1 saturated heterocycles. The fraction of sp³-hybridized carbons (Fsp3) is 0.483. The summed E-state index contributed by atoms with van der Waals surface area (Å²) >= 11 is 0. The maximum atomic E-state index is 14.2. The standard InChI is InChI=1S/C29H30F5N7O/c1-18-14-39(8-7-28(18,30)31)15-19-9-23(29(32,33)34)24-17-40(26(42)41(24)16-19)22-6-4-5-21(10-22)27(11-20(12-27)13-35)25-36-38(3)37(25)2/h4-6,9-10,16-18,20H,7-8,11-12,14-15H2,1-3H3/t18-,20?,27?/m1/s1. The van der Waals surface area contributed by atoms with Gasteiger partial charge in [0.1, 0.15) is 0 Å². The third-order valence-electron chi connectivity index (χ3n) is 9.01. The van der Waals surface area contributed by atoms with Crippen molar-refractivity contribution in [3.8, 4) is 11.8 Å². The molecule has 13 heteroatoms. The zero-order valence-electron chi connectivity index (χ0n) is 23.4. The number of pyridine rings is 1. The molecule has 0 bridgehead atoms. The van der Waals surface area contributed by atoms with E-state index in [1.165, 1.54) is 23.9 Å². The second kappa shape index (κ2) is 9.55. The number of halogens is 5. The predicted molar refractivity (Wildman–Crippen MR) is 143 cm³/mol. The molecule has 1 aliphatic heterocycles. The monoisotopic (exact) mass is 587 g/mol. The molecule has 222 valence electrons. The van der Waals surface area contributed by atoms with Gasteiger partial charge in [0, 0.05) is 64.4 Å². The number of rotatable bonds is 5. The van der Waals surface area contributed by atoms with Gasteiger partial charge in [-0.1, -0.05) is 19.1 Å². The Labute approximate surface area is 238 Å². The number of hydrogen-bond donors (Lipinski definition) is 0. The highest BCUT2D eigenvalue weighted by Crippen LogP contribution is 2.52. The van der Waals surface area contributed by atoms with Gasteiger partial charge in [0.15, 0.2) is 5.82 Å². The molecule has 1 atom stereocenters. The van der Waals surface area contributed by atoms with Crippen LogP contribution in [0.5, 0.6) is 0 Å². The fourth-order valence-electron chi connectivity index (χ4n) is 6.46. The Balaban J connectivity index is 1.41. The Bertz CT molecular complexity index is 1760. The minimum atomic E-state index is -4.74. The van der Waals surface area contributed by atoms with Crippen LogP contribution in [0.15, 0.2) is 47.5 Å². The molecule has 2 aliphatic rings. The number of nitriles is 1. The van der Waals surface area contributed by atoms with E-state index in [4.69, 9.17) is 0 Å². The Hall–Kier alpha value is -3.92. The van der Waals surface area contributed by atoms with Gasteiger partial charge >= 0.3 is 11.9 Å². The third-order valence-corrected chi connectivity index (χ3v) is 9.01. The van der Waals surface area contributed by atoms with Gasteiger partial charge in [-0.25, -0.2) is 18.4 Å². The summed E-state index contributed by atoms with van der Waals surface area (Å²) in [6, 6.07) is 10.3. The molecule has 6 rings (SSSR count). The van der Waals surface area contributed by atoms with Gasteiger partial charge in [0.2, 0.25) is 0 Å². The smallest absolute Gasteiger partial charge is 0.298 e. The highest BCUT2D eigenvalue weighted by Gasteiger charge is 2.51. The number of fused-ring (bicyclic) bond motifs is 1. The fourth-order valence-corrected chi connectivity index (χ4v) is 6.46. The first-order valence-electron chi connectivity index (χ1n) is 13.7. The normalized spacial score (nSPS) is 24.5. The van der Waals surface area contributed by atoms with E-state index < -0.39 is 34.7 Å². The molecule has 4 heterocycles. The van der Waals surface area contributed by atoms with E-state index in [-0.39, 0.29) is 43.1 Å². The summed E-state index contributed by atoms with van der Waals surface area (Å²) in [4.78, 5) is 17.0. The first-order valence-corrected chi connectivity index (χ1v) is 13.7. The Kier molecular flexibility index (Phi) is 6.42. The molecular formula is C29H30F5N7O. The molecule has 0 unspecified atom stereocenters. The number of alkyl halides is 5. The first kappa shape index (κ1) is 28.2. The van der Waals surface area contributed by atoms with E-state index in [1.807, 2.05) is 17.8 Å². The molecule has 1 saturated carbocycles. The predicted octanol–water partition coefficient (Wildman–Crippen LogP) is 4.88. The van der Waals surface area contributed by atoms with Gasteiger partial charge < -0.3 is 0 Å². The lowest BCUT2D eigenvalue weighted by atomic mass is 9.58. The molecule has 1 aromatic carbocycles. The van der Waals surface area contributed by atoms with Crippen molar-refractivity contribution in [1.29, 1.82) is 5.26 Å². The molecule has 1 aliphatic carbocycles. The summed E-state index contributed by atoms with van der Waals surface area (Å²) in [6.07, 6.45) is -1.48. The lowest BCUT2D eigenvalue weighted by Gasteiger charge is -2.47. The molecule has 0 amide bonds. The van der Waals surface area contributed by atoms with Crippen molar-refractivity contribution in [3.63, 3.8) is 0 Å². The average Bonchev–Trinajstić information content (AvgIpc) is 3.25. The number of piperidine rings is 1. The van der Waals surface area contributed by atoms with E-state index in [0.717, 1.165) is 21.9 Å². The van der Waals surface area contributed by atoms with Crippen molar-refractivity contribution in [2.75, 3.05) is 13.1 Å². The van der Waals surface area contributed by atoms with Crippen LogP contribution in [0.2, 0.25) is 0 Å². The average molecular weight is 588 g/mol. The van der Waals surface area contributed by atoms with Gasteiger partial charge in [0.25, 0.3) is 5.92 Å². The molecule has 4 aromatic rings. The van der Waals surface area contributed by atoms with Crippen LogP contribution in [0.3, 0.4) is 0 Å². The van der Waals surface area contributed by atoms with E-state index in [9.17, 15) is 32.0 Å². The van der Waals surface area contributed by atoms with Crippen LogP contribution in [0, 0.1) is 23.2 Å². The minimum absolute atomic E-state index is 0.0131. The highest BCUT2D eigenvalue weighted by atomic mass is 19.4. The van der Waals surface area contributed by atoms with Crippen molar-refractivity contribution in [2.45, 2.75) is 50.2 Å².